The van der Waals surface area contributed by atoms with Gasteiger partial charge in [0, 0.05) is 0 Å². The van der Waals surface area contributed by atoms with E-state index in [2.05, 4.69) is 0 Å². The molecule has 0 aromatic carbocycles. The van der Waals surface area contributed by atoms with E-state index in [0.29, 0.717) is 0 Å². The maximum Gasteiger partial charge on any atom is 0.394 e. The zero-order chi connectivity index (χ0) is 31.5. The van der Waals surface area contributed by atoms with Crippen molar-refractivity contribution in [3.8, 4) is 0 Å². The molecule has 608 valence electrons. The van der Waals surface area contributed by atoms with Gasteiger partial charge < -0.3 is 0 Å². The fourth-order valence-corrected chi connectivity index (χ4v) is 0. The third-order valence-electron chi connectivity index (χ3n) is 0. The third-order valence-corrected chi connectivity index (χ3v) is 0. The molecule has 0 bridgehead atoms. The number of hydrogen-bond donors (Lipinski definition) is 14. The lowest BCUT2D eigenvalue weighted by molar-refractivity contribution is 0.378. The molecule has 0 amide bonds. The molecule has 0 saturated carbocycles. The predicted molar refractivity (Wildman–Crippen MR) is 422 cm³/mol. The van der Waals surface area contributed by atoms with Gasteiger partial charge in [-0.15, -0.1) is 0 Å². The van der Waals surface area contributed by atoms with Gasteiger partial charge in [-0.3, -0.25) is 63.7 Å². The van der Waals surface area contributed by atoms with Crippen molar-refractivity contribution in [3.63, 3.8) is 0 Å². The van der Waals surface area contributed by atoms with Gasteiger partial charge in [-0.1, -0.05) is 356 Å². The normalized spacial score (nSPS) is 4.89. The van der Waals surface area contributed by atoms with Crippen LogP contribution in [0.15, 0.2) is 0 Å². The predicted octanol–water partition coefficient (Wildman–Crippen LogP) is 26.0. The minimum Gasteiger partial charge on any atom is -0.264 e. The van der Waals surface area contributed by atoms with Gasteiger partial charge in [-0.25, -0.2) is 0 Å². The molecule has 0 aliphatic rings. The van der Waals surface area contributed by atoms with Crippen LogP contribution >= 0.6 is 0 Å². The van der Waals surface area contributed by atoms with Crippen molar-refractivity contribution in [3.05, 3.63) is 0 Å². The highest BCUT2D eigenvalue weighted by Gasteiger charge is 1.87. The smallest absolute Gasteiger partial charge is 0.264 e. The average Bonchev–Trinajstić information content (AvgIpc) is 2.06. The van der Waals surface area contributed by atoms with Gasteiger partial charge in [0.25, 0.3) is 0 Å². The van der Waals surface area contributed by atoms with E-state index in [1.54, 1.807) is 0 Å². The maximum absolute atomic E-state index is 8.74. The minimum atomic E-state index is -4.67. The Bertz CT molecular complexity index is 984. The van der Waals surface area contributed by atoms with Crippen LogP contribution < -0.4 is 0 Å². The van der Waals surface area contributed by atoms with Crippen LogP contribution in [0.1, 0.15) is 356 Å². The summed E-state index contributed by atoms with van der Waals surface area (Å²) in [6, 6.07) is 0. The van der Waals surface area contributed by atoms with Crippen LogP contribution in [0.3, 0.4) is 0 Å². The Morgan fingerprint density at radius 3 is 0.0843 bits per heavy atom. The topological polar surface area (TPSA) is 522 Å². The van der Waals surface area contributed by atoms with Crippen LogP contribution in [-0.2, 0) is 72.8 Å². The van der Waals surface area contributed by atoms with Crippen molar-refractivity contribution in [2.45, 2.75) is 356 Å². The van der Waals surface area contributed by atoms with Crippen LogP contribution in [0, 0.1) is 0 Å². The van der Waals surface area contributed by atoms with Gasteiger partial charge in [-0.05, 0) is 0 Å². The molecule has 14 N–H and O–H groups in total. The first-order valence-electron chi connectivity index (χ1n) is 4.89. The van der Waals surface area contributed by atoms with E-state index < -0.39 is 72.8 Å². The Kier molecular flexibility index (Phi) is 2730. The van der Waals surface area contributed by atoms with E-state index >= 15 is 0 Å². The second-order valence-corrected chi connectivity index (χ2v) is 9.40. The van der Waals surface area contributed by atoms with Crippen molar-refractivity contribution in [2.24, 2.45) is 0 Å². The Morgan fingerprint density at radius 1 is 0.0843 bits per heavy atom. The fraction of sp³-hybridized carbons (Fsp3) is 1.00. The molecule has 0 spiro atoms. The van der Waals surface area contributed by atoms with Crippen LogP contribution in [0.2, 0.25) is 0 Å². The van der Waals surface area contributed by atoms with Crippen molar-refractivity contribution < 1.29 is 123 Å². The van der Waals surface area contributed by atoms with Gasteiger partial charge in [0.05, 0.1) is 0 Å². The van der Waals surface area contributed by atoms with E-state index in [-0.39, 0.29) is 356 Å². The van der Waals surface area contributed by atoms with E-state index in [4.69, 9.17) is 123 Å². The monoisotopic (exact) mass is 1460 g/mol. The molecule has 0 aromatic heterocycles. The average molecular weight is 1460 g/mol. The Labute approximate surface area is 549 Å². The van der Waals surface area contributed by atoms with E-state index in [1.165, 1.54) is 0 Å². The summed E-state index contributed by atoms with van der Waals surface area (Å²) in [6.45, 7) is 0. The third kappa shape index (κ3) is 613000. The highest BCUT2D eigenvalue weighted by molar-refractivity contribution is 7.81. The second-order valence-electron chi connectivity index (χ2n) is 3.13. The zero-order valence-corrected chi connectivity index (χ0v) is 20.5. The molecule has 0 unspecified atom stereocenters. The lowest BCUT2D eigenvalue weighted by Crippen LogP contribution is -1.89. The van der Waals surface area contributed by atoms with Crippen molar-refractivity contribution in [2.75, 3.05) is 0 Å². The first-order chi connectivity index (χ1) is 14.0. The molecule has 0 atom stereocenters. The summed E-state index contributed by atoms with van der Waals surface area (Å²) >= 11 is 0. The van der Waals surface area contributed by atoms with Crippen molar-refractivity contribution in [1.29, 1.82) is 0 Å². The molecule has 0 rings (SSSR count). The molecule has 0 aliphatic carbocycles. The first kappa shape index (κ1) is 736. The van der Waals surface area contributed by atoms with Gasteiger partial charge in [-0.2, -0.15) is 58.9 Å². The number of hydrogen-bond acceptors (Lipinski definition) is 14. The van der Waals surface area contributed by atoms with Crippen LogP contribution in [0.25, 0.3) is 0 Å². The van der Waals surface area contributed by atoms with Gasteiger partial charge in [0.2, 0.25) is 0 Å². The van der Waals surface area contributed by atoms with Gasteiger partial charge in [0.15, 0.2) is 0 Å². The second kappa shape index (κ2) is 308. The molecular weight excluding hydrogens is 1250 g/mol. The quantitative estimate of drug-likeness (QED) is 0.100. The van der Waals surface area contributed by atoms with E-state index in [0.717, 1.165) is 0 Å². The standard InChI is InChI=1S/48CH4.7H2O4S/c;;;;;;;;;;;;;;;;;;;;;;;;;;;;;;;;;;;;;;;;;;;;;;;;7*1-5(2,3)4/h48*1H4;7*(H2,1,2,3,4). The molecule has 0 fully saturated rings. The van der Waals surface area contributed by atoms with Crippen molar-refractivity contribution in [1.82, 2.24) is 0 Å². The Morgan fingerprint density at radius 2 is 0.0843 bits per heavy atom. The van der Waals surface area contributed by atoms with Gasteiger partial charge in [0.1, 0.15) is 0 Å². The van der Waals surface area contributed by atoms with Gasteiger partial charge >= 0.3 is 72.8 Å². The SMILES string of the molecule is C.C.C.C.C.C.C.C.C.C.C.C.C.C.C.C.C.C.C.C.C.C.C.C.C.C.C.C.C.C.C.C.C.C.C.C.C.C.C.C.C.C.C.C.C.C.C.C.O=S(=O)(O)O.O=S(=O)(O)O.O=S(=O)(O)O.O=S(=O)(O)O.O=S(=O)(O)O.O=S(=O)(O)O.O=S(=O)(O)O. The molecule has 0 radical (unpaired) electrons. The Hall–Kier alpha value is -0.910. The summed E-state index contributed by atoms with van der Waals surface area (Å²) < 4.78 is 221. The fourth-order valence-electron chi connectivity index (χ4n) is 0. The first-order valence-corrected chi connectivity index (χ1v) is 14.7. The van der Waals surface area contributed by atoms with Crippen molar-refractivity contribution >= 4 is 72.8 Å². The summed E-state index contributed by atoms with van der Waals surface area (Å²) in [4.78, 5) is 0. The highest BCUT2D eigenvalue weighted by Crippen LogP contribution is 1.61. The summed E-state index contributed by atoms with van der Waals surface area (Å²) in [7, 11) is -32.7. The minimum absolute atomic E-state index is 0. The van der Waals surface area contributed by atoms with Crippen LogP contribution in [0.4, 0.5) is 0 Å². The summed E-state index contributed by atoms with van der Waals surface area (Å²) in [5, 5.41) is 0. The molecular formula is C48H206O28S7. The highest BCUT2D eigenvalue weighted by atomic mass is 32.3. The molecule has 0 heterocycles. The maximum atomic E-state index is 8.74. The van der Waals surface area contributed by atoms with Crippen LogP contribution in [0.5, 0.6) is 0 Å². The summed E-state index contributed by atoms with van der Waals surface area (Å²) in [5.74, 6) is 0. The molecule has 0 saturated heterocycles. The molecule has 0 aliphatic heterocycles. The summed E-state index contributed by atoms with van der Waals surface area (Å²) in [6.07, 6.45) is 0. The Balaban J connectivity index is -0.00000000190. The molecule has 35 heteroatoms. The molecule has 83 heavy (non-hydrogen) atoms. The zero-order valence-electron chi connectivity index (χ0n) is 14.8. The van der Waals surface area contributed by atoms with Crippen LogP contribution in [-0.4, -0.2) is 123 Å². The lowest BCUT2D eigenvalue weighted by Gasteiger charge is -1.68. The van der Waals surface area contributed by atoms with E-state index in [9.17, 15) is 0 Å². The molecule has 28 nitrogen and oxygen atoms in total. The largest absolute Gasteiger partial charge is 0.394 e. The van der Waals surface area contributed by atoms with E-state index in [1.807, 2.05) is 0 Å². The lowest BCUT2D eigenvalue weighted by atomic mass is 12.0. The molecule has 0 aromatic rings. The number of rotatable bonds is 0. The summed E-state index contributed by atoms with van der Waals surface area (Å²) in [5.41, 5.74) is 0.